The Hall–Kier alpha value is -2.27. The SMILES string of the molecule is CSc1ccc(C)c(C(=O)Nc2ccc(C(=O)NC3CC3)cc2)c1. The lowest BCUT2D eigenvalue weighted by Crippen LogP contribution is -2.25. The highest BCUT2D eigenvalue weighted by molar-refractivity contribution is 7.98. The second-order valence-corrected chi connectivity index (χ2v) is 6.84. The minimum absolute atomic E-state index is 0.0566. The molecule has 1 aliphatic rings. The van der Waals surface area contributed by atoms with Crippen LogP contribution in [0.3, 0.4) is 0 Å². The lowest BCUT2D eigenvalue weighted by molar-refractivity contribution is 0.0950. The number of carbonyl (C=O) groups excluding carboxylic acids is 2. The number of aryl methyl sites for hydroxylation is 1. The molecule has 3 rings (SSSR count). The predicted molar refractivity (Wildman–Crippen MR) is 97.8 cm³/mol. The van der Waals surface area contributed by atoms with Crippen LogP contribution in [0.5, 0.6) is 0 Å². The summed E-state index contributed by atoms with van der Waals surface area (Å²) in [6, 6.07) is 13.2. The minimum Gasteiger partial charge on any atom is -0.349 e. The molecule has 0 radical (unpaired) electrons. The Morgan fingerprint density at radius 3 is 2.38 bits per heavy atom. The van der Waals surface area contributed by atoms with Crippen LogP contribution < -0.4 is 10.6 Å². The number of hydrogen-bond donors (Lipinski definition) is 2. The highest BCUT2D eigenvalue weighted by atomic mass is 32.2. The van der Waals surface area contributed by atoms with Gasteiger partial charge in [-0.3, -0.25) is 9.59 Å². The summed E-state index contributed by atoms with van der Waals surface area (Å²) in [7, 11) is 0. The standard InChI is InChI=1S/C19H20N2O2S/c1-12-3-10-16(24-2)11-17(12)19(23)21-14-6-4-13(5-7-14)18(22)20-15-8-9-15/h3-7,10-11,15H,8-9H2,1-2H3,(H,20,22)(H,21,23). The maximum absolute atomic E-state index is 12.5. The number of rotatable bonds is 5. The number of thioether (sulfide) groups is 1. The molecular formula is C19H20N2O2S. The first-order chi connectivity index (χ1) is 11.6. The van der Waals surface area contributed by atoms with E-state index in [1.165, 1.54) is 0 Å². The molecule has 1 aliphatic carbocycles. The van der Waals surface area contributed by atoms with Crippen molar-refractivity contribution in [2.75, 3.05) is 11.6 Å². The highest BCUT2D eigenvalue weighted by Gasteiger charge is 2.23. The van der Waals surface area contributed by atoms with Crippen molar-refractivity contribution < 1.29 is 9.59 Å². The normalized spacial score (nSPS) is 13.4. The van der Waals surface area contributed by atoms with Crippen molar-refractivity contribution in [3.8, 4) is 0 Å². The summed E-state index contributed by atoms with van der Waals surface area (Å²) < 4.78 is 0. The summed E-state index contributed by atoms with van der Waals surface area (Å²) in [5, 5.41) is 5.84. The fourth-order valence-corrected chi connectivity index (χ4v) is 2.81. The van der Waals surface area contributed by atoms with Gasteiger partial charge in [0.2, 0.25) is 0 Å². The summed E-state index contributed by atoms with van der Waals surface area (Å²) in [6.07, 6.45) is 4.11. The second kappa shape index (κ2) is 7.09. The van der Waals surface area contributed by atoms with Crippen molar-refractivity contribution in [1.29, 1.82) is 0 Å². The van der Waals surface area contributed by atoms with E-state index < -0.39 is 0 Å². The maximum Gasteiger partial charge on any atom is 0.255 e. The van der Waals surface area contributed by atoms with Gasteiger partial charge in [-0.25, -0.2) is 0 Å². The van der Waals surface area contributed by atoms with Gasteiger partial charge in [0.15, 0.2) is 0 Å². The smallest absolute Gasteiger partial charge is 0.255 e. The van der Waals surface area contributed by atoms with Gasteiger partial charge in [0.1, 0.15) is 0 Å². The molecule has 0 spiro atoms. The van der Waals surface area contributed by atoms with Crippen LogP contribution in [0.15, 0.2) is 47.4 Å². The summed E-state index contributed by atoms with van der Waals surface area (Å²) in [6.45, 7) is 1.92. The van der Waals surface area contributed by atoms with Gasteiger partial charge < -0.3 is 10.6 Å². The number of anilines is 1. The molecule has 0 aromatic heterocycles. The largest absolute Gasteiger partial charge is 0.349 e. The van der Waals surface area contributed by atoms with Gasteiger partial charge >= 0.3 is 0 Å². The van der Waals surface area contributed by atoms with Crippen LogP contribution in [0.2, 0.25) is 0 Å². The molecule has 24 heavy (non-hydrogen) atoms. The third-order valence-corrected chi connectivity index (χ3v) is 4.73. The third-order valence-electron chi connectivity index (χ3n) is 4.01. The molecule has 124 valence electrons. The fraction of sp³-hybridized carbons (Fsp3) is 0.263. The lowest BCUT2D eigenvalue weighted by atomic mass is 10.1. The molecule has 2 amide bonds. The first kappa shape index (κ1) is 16.6. The van der Waals surface area contributed by atoms with Gasteiger partial charge in [-0.2, -0.15) is 0 Å². The van der Waals surface area contributed by atoms with E-state index in [9.17, 15) is 9.59 Å². The van der Waals surface area contributed by atoms with Gasteiger partial charge in [-0.05, 0) is 68.0 Å². The van der Waals surface area contributed by atoms with E-state index in [2.05, 4.69) is 10.6 Å². The van der Waals surface area contributed by atoms with Crippen molar-refractivity contribution in [2.24, 2.45) is 0 Å². The maximum atomic E-state index is 12.5. The van der Waals surface area contributed by atoms with E-state index >= 15 is 0 Å². The molecule has 0 atom stereocenters. The molecule has 0 bridgehead atoms. The Bertz CT molecular complexity index is 767. The van der Waals surface area contributed by atoms with Gasteiger partial charge in [0, 0.05) is 27.8 Å². The Balaban J connectivity index is 1.69. The lowest BCUT2D eigenvalue weighted by Gasteiger charge is -2.10. The van der Waals surface area contributed by atoms with Crippen LogP contribution >= 0.6 is 11.8 Å². The van der Waals surface area contributed by atoms with Crippen LogP contribution in [0.25, 0.3) is 0 Å². The van der Waals surface area contributed by atoms with E-state index in [1.54, 1.807) is 36.0 Å². The van der Waals surface area contributed by atoms with E-state index in [-0.39, 0.29) is 11.8 Å². The molecule has 0 aliphatic heterocycles. The molecule has 2 N–H and O–H groups in total. The number of amides is 2. The third kappa shape index (κ3) is 3.97. The Morgan fingerprint density at radius 2 is 1.75 bits per heavy atom. The first-order valence-corrected chi connectivity index (χ1v) is 9.16. The molecule has 1 fully saturated rings. The zero-order valence-electron chi connectivity index (χ0n) is 13.8. The fourth-order valence-electron chi connectivity index (χ4n) is 2.37. The second-order valence-electron chi connectivity index (χ2n) is 5.96. The monoisotopic (exact) mass is 340 g/mol. The van der Waals surface area contributed by atoms with Crippen molar-refractivity contribution >= 4 is 29.3 Å². The zero-order chi connectivity index (χ0) is 17.1. The van der Waals surface area contributed by atoms with Gasteiger partial charge in [-0.15, -0.1) is 11.8 Å². The van der Waals surface area contributed by atoms with Crippen LogP contribution in [-0.2, 0) is 0 Å². The number of hydrogen-bond acceptors (Lipinski definition) is 3. The van der Waals surface area contributed by atoms with E-state index in [0.29, 0.717) is 22.9 Å². The Labute approximate surface area is 146 Å². The van der Waals surface area contributed by atoms with E-state index in [4.69, 9.17) is 0 Å². The van der Waals surface area contributed by atoms with Crippen LogP contribution in [0.1, 0.15) is 39.1 Å². The molecule has 5 heteroatoms. The zero-order valence-corrected chi connectivity index (χ0v) is 14.6. The quantitative estimate of drug-likeness (QED) is 0.813. The molecule has 0 saturated heterocycles. The minimum atomic E-state index is -0.140. The average molecular weight is 340 g/mol. The first-order valence-electron chi connectivity index (χ1n) is 7.94. The molecule has 0 heterocycles. The average Bonchev–Trinajstić information content (AvgIpc) is 3.39. The van der Waals surface area contributed by atoms with Crippen molar-refractivity contribution in [3.05, 3.63) is 59.2 Å². The van der Waals surface area contributed by atoms with Gasteiger partial charge in [0.05, 0.1) is 0 Å². The summed E-state index contributed by atoms with van der Waals surface area (Å²) in [5.41, 5.74) is 2.89. The summed E-state index contributed by atoms with van der Waals surface area (Å²) in [5.74, 6) is -0.197. The summed E-state index contributed by atoms with van der Waals surface area (Å²) in [4.78, 5) is 25.5. The molecule has 0 unspecified atom stereocenters. The van der Waals surface area contributed by atoms with Crippen molar-refractivity contribution in [2.45, 2.75) is 30.7 Å². The molecule has 2 aromatic rings. The highest BCUT2D eigenvalue weighted by Crippen LogP contribution is 2.21. The van der Waals surface area contributed by atoms with Gasteiger partial charge in [0.25, 0.3) is 11.8 Å². The molecule has 1 saturated carbocycles. The van der Waals surface area contributed by atoms with Crippen molar-refractivity contribution in [3.63, 3.8) is 0 Å². The number of nitrogens with one attached hydrogen (secondary N) is 2. The Morgan fingerprint density at radius 1 is 1.04 bits per heavy atom. The van der Waals surface area contributed by atoms with E-state index in [1.807, 2.05) is 31.4 Å². The van der Waals surface area contributed by atoms with Crippen LogP contribution in [0, 0.1) is 6.92 Å². The number of benzene rings is 2. The van der Waals surface area contributed by atoms with Crippen LogP contribution in [-0.4, -0.2) is 24.1 Å². The Kier molecular flexibility index (Phi) is 4.90. The van der Waals surface area contributed by atoms with Gasteiger partial charge in [-0.1, -0.05) is 6.07 Å². The molecule has 2 aromatic carbocycles. The van der Waals surface area contributed by atoms with Crippen molar-refractivity contribution in [1.82, 2.24) is 5.32 Å². The van der Waals surface area contributed by atoms with E-state index in [0.717, 1.165) is 23.3 Å². The summed E-state index contributed by atoms with van der Waals surface area (Å²) >= 11 is 1.61. The molecule has 4 nitrogen and oxygen atoms in total. The topological polar surface area (TPSA) is 58.2 Å². The number of carbonyl (C=O) groups is 2. The molecular weight excluding hydrogens is 320 g/mol. The van der Waals surface area contributed by atoms with Crippen LogP contribution in [0.4, 0.5) is 5.69 Å². The predicted octanol–water partition coefficient (Wildman–Crippen LogP) is 3.86.